The molecule has 0 spiro atoms. The molecule has 0 bridgehead atoms. The summed E-state index contributed by atoms with van der Waals surface area (Å²) in [5, 5.41) is 11.0. The molecule has 0 atom stereocenters. The molecule has 23 nitrogen and oxygen atoms in total. The van der Waals surface area contributed by atoms with Crippen molar-refractivity contribution < 1.29 is 224 Å². The fraction of sp³-hybridized carbons (Fsp3) is 0. The van der Waals surface area contributed by atoms with Crippen molar-refractivity contribution in [3.63, 3.8) is 0 Å². The standard InChI is InChI=1S/C12H8N2.Cu.3H4O3Se.11H2O.O.6V/c1-3-9-5-6-10-4-2-8-14-12(10)11(9)13-7-1;;3*1-4(2)3;;;;;;;;;;;;;;;;;;/h1-8H;;3*1-4H;11*1H2;;;;;;;/q-2;+2;;;;;;;;;;;;;;;;;;;;;+2/p-4. The molecule has 1 aromatic carbocycles. The maximum atomic E-state index is 8.78. The van der Waals surface area contributed by atoms with Gasteiger partial charge in [-0.2, -0.15) is 12.4 Å². The molecule has 2 heterocycles. The van der Waals surface area contributed by atoms with Crippen molar-refractivity contribution in [3.05, 3.63) is 57.8 Å². The van der Waals surface area contributed by atoms with E-state index >= 15 is 0 Å². The van der Waals surface area contributed by atoms with Gasteiger partial charge in [0.15, 0.2) is 0 Å². The molecule has 0 saturated carbocycles. The minimum absolute atomic E-state index is 0. The van der Waals surface area contributed by atoms with Crippen LogP contribution in [0.25, 0.3) is 22.8 Å². The van der Waals surface area contributed by atoms with E-state index in [2.05, 4.69) is 34.9 Å². The number of rotatable bonds is 0. The van der Waals surface area contributed by atoms with Gasteiger partial charge in [0.2, 0.25) is 0 Å². The summed E-state index contributed by atoms with van der Waals surface area (Å²) >= 11 is -13.0. The largest absolute Gasteiger partial charge is 0 e. The Labute approximate surface area is 346 Å². The van der Waals surface area contributed by atoms with E-state index in [0.29, 0.717) is 0 Å². The Hall–Kier alpha value is 2.62. The normalized spacial score (nSPS) is 8.38. The molecular weight excluding hydrogens is 1110 g/mol. The van der Waals surface area contributed by atoms with Crippen LogP contribution in [0.15, 0.2) is 36.7 Å². The minimum Gasteiger partial charge on any atom is 0 e. The molecule has 0 aliphatic carbocycles. The fourth-order valence-electron chi connectivity index (χ4n) is 1.68. The summed E-state index contributed by atoms with van der Waals surface area (Å²) in [5.74, 6) is 0. The van der Waals surface area contributed by atoms with Crippen LogP contribution in [0.5, 0.6) is 0 Å². The van der Waals surface area contributed by atoms with Crippen molar-refractivity contribution in [2.24, 2.45) is 0 Å². The van der Waals surface area contributed by atoms with Gasteiger partial charge in [-0.1, -0.05) is 36.4 Å². The number of nitrogens with zero attached hydrogens (tertiary/aromatic N) is 2. The first-order valence-corrected chi connectivity index (χ1v) is 16.3. The molecule has 0 amide bonds. The van der Waals surface area contributed by atoms with Crippen LogP contribution in [0.2, 0.25) is 0 Å². The molecular formula is C12H38CuN2O21Se3V6-2. The van der Waals surface area contributed by atoms with Crippen molar-refractivity contribution in [2.75, 3.05) is 0 Å². The van der Waals surface area contributed by atoms with E-state index in [9.17, 15) is 0 Å². The van der Waals surface area contributed by atoms with Gasteiger partial charge in [0, 0.05) is 92.8 Å². The number of hydrogen-bond acceptors (Lipinski definition) is 12. The molecule has 0 unspecified atom stereocenters. The zero-order valence-electron chi connectivity index (χ0n) is 21.6. The average molecular weight is 1150 g/mol. The smallest absolute Gasteiger partial charge is 0 e. The Bertz CT molecular complexity index is 764. The van der Waals surface area contributed by atoms with Crippen LogP contribution >= 0.6 is 0 Å². The topological polar surface area (TPSA) is 548 Å². The summed E-state index contributed by atoms with van der Waals surface area (Å²) < 4.78 is 89.0. The predicted molar refractivity (Wildman–Crippen MR) is 135 cm³/mol. The molecule has 1 aromatic rings. The number of benzene rings is 1. The maximum absolute atomic E-state index is 8.78. The van der Waals surface area contributed by atoms with Crippen LogP contribution < -0.4 is 10.4 Å². The van der Waals surface area contributed by atoms with E-state index in [0.717, 1.165) is 21.8 Å². The van der Waals surface area contributed by atoms with Gasteiger partial charge in [-0.05, 0) is 10.4 Å². The summed E-state index contributed by atoms with van der Waals surface area (Å²) in [4.78, 5) is 0. The van der Waals surface area contributed by atoms with Gasteiger partial charge in [-0.3, -0.25) is 0 Å². The second kappa shape index (κ2) is 72.4. The maximum Gasteiger partial charge on any atom is 0 e. The molecule has 0 saturated heterocycles. The van der Waals surface area contributed by atoms with Crippen molar-refractivity contribution in [1.82, 2.24) is 0 Å². The van der Waals surface area contributed by atoms with Crippen LogP contribution in [0.3, 0.4) is 0 Å². The zero-order valence-corrected chi connectivity index (χ0v) is 36.5. The SMILES string of the molecule is C1=C[N-]c2c3c(ccc2=C1)=CC=C[N-]3.O.O.O.O.O.O.O.O[SeH](O)O.O[SeH](O)O.O[SeH](O)O.[Cu+2].[OH-].[OH-].[O]=[V]([OH])[OH].[V].[V].[V].[V].[V]. The van der Waals surface area contributed by atoms with E-state index in [-0.39, 0.29) is 159 Å². The van der Waals surface area contributed by atoms with Crippen LogP contribution in [0.4, 0.5) is 11.4 Å². The van der Waals surface area contributed by atoms with Crippen LogP contribution in [0.1, 0.15) is 0 Å². The Balaban J connectivity index is -0.0000000151. The summed E-state index contributed by atoms with van der Waals surface area (Å²) in [6.45, 7) is 0. The summed E-state index contributed by atoms with van der Waals surface area (Å²) in [6.07, 6.45) is 11.6. The summed E-state index contributed by atoms with van der Waals surface area (Å²) in [6, 6.07) is 4.15. The summed E-state index contributed by atoms with van der Waals surface area (Å²) in [5.41, 5.74) is 1.95. The van der Waals surface area contributed by atoms with E-state index in [4.69, 9.17) is 49.4 Å². The number of hydrogen-bond donors (Lipinski definition) is 11. The number of fused-ring (bicyclic) bond motifs is 3. The van der Waals surface area contributed by atoms with Crippen molar-refractivity contribution in [1.29, 1.82) is 0 Å². The van der Waals surface area contributed by atoms with Crippen molar-refractivity contribution in [3.8, 4) is 0 Å². The van der Waals surface area contributed by atoms with E-state index in [1.165, 1.54) is 0 Å². The van der Waals surface area contributed by atoms with Gasteiger partial charge in [-0.25, -0.2) is 0 Å². The van der Waals surface area contributed by atoms with Gasteiger partial charge in [0.1, 0.15) is 0 Å². The zero-order chi connectivity index (χ0) is 23.7. The monoisotopic (exact) mass is 1150 g/mol. The van der Waals surface area contributed by atoms with Crippen molar-refractivity contribution >= 4 is 68.2 Å². The quantitative estimate of drug-likeness (QED) is 0.108. The third-order valence-corrected chi connectivity index (χ3v) is 2.34. The second-order valence-electron chi connectivity index (χ2n) is 4.27. The molecule has 0 fully saturated rings. The number of allylic oxidation sites excluding steroid dienone is 2. The molecule has 45 heavy (non-hydrogen) atoms. The molecule has 6 radical (unpaired) electrons. The second-order valence-corrected chi connectivity index (χ2v) is 8.44. The Morgan fingerprint density at radius 3 is 0.822 bits per heavy atom. The Kier molecular flexibility index (Phi) is 177. The van der Waals surface area contributed by atoms with Gasteiger partial charge in [0.25, 0.3) is 0 Å². The average Bonchev–Trinajstić information content (AvgIpc) is 2.60. The molecule has 27 N–H and O–H groups in total. The van der Waals surface area contributed by atoms with Gasteiger partial charge < -0.3 is 59.9 Å². The minimum atomic E-state index is -3.44. The molecule has 3 rings (SSSR count). The third kappa shape index (κ3) is 82.1. The Morgan fingerprint density at radius 1 is 0.511 bits per heavy atom. The van der Waals surface area contributed by atoms with Crippen LogP contribution in [0, 0.1) is 0 Å². The van der Waals surface area contributed by atoms with E-state index in [1.807, 2.05) is 12.2 Å². The van der Waals surface area contributed by atoms with Crippen LogP contribution in [-0.2, 0) is 129 Å². The van der Waals surface area contributed by atoms with Crippen molar-refractivity contribution in [2.45, 2.75) is 0 Å². The van der Waals surface area contributed by atoms with Gasteiger partial charge in [0.05, 0.1) is 0 Å². The van der Waals surface area contributed by atoms with E-state index < -0.39 is 60.5 Å². The first-order chi connectivity index (χ1) is 13.9. The predicted octanol–water partition coefficient (Wildman–Crippen LogP) is -12.0. The first kappa shape index (κ1) is 110. The molecule has 283 valence electrons. The Morgan fingerprint density at radius 2 is 0.667 bits per heavy atom. The molecule has 0 aromatic heterocycles. The van der Waals surface area contributed by atoms with Gasteiger partial charge in [-0.15, -0.1) is 11.4 Å². The third-order valence-electron chi connectivity index (χ3n) is 2.34. The van der Waals surface area contributed by atoms with Gasteiger partial charge >= 0.3 is 127 Å². The summed E-state index contributed by atoms with van der Waals surface area (Å²) in [7, 11) is 0. The molecule has 33 heteroatoms. The van der Waals surface area contributed by atoms with E-state index in [1.54, 1.807) is 12.4 Å². The molecule has 2 aliphatic heterocycles. The van der Waals surface area contributed by atoms with Crippen LogP contribution in [-0.4, -0.2) is 140 Å². The first-order valence-electron chi connectivity index (χ1n) is 6.92. The molecule has 2 aliphatic rings. The fourth-order valence-corrected chi connectivity index (χ4v) is 1.68.